The molecule has 2 fully saturated rings. The van der Waals surface area contributed by atoms with Gasteiger partial charge in [-0.05, 0) is 82.1 Å². The first kappa shape index (κ1) is 28.8. The lowest BCUT2D eigenvalue weighted by Gasteiger charge is -2.26. The minimum absolute atomic E-state index is 0.0476. The second-order valence-corrected chi connectivity index (χ2v) is 12.1. The summed E-state index contributed by atoms with van der Waals surface area (Å²) in [6, 6.07) is 9.71. The van der Waals surface area contributed by atoms with E-state index in [0.29, 0.717) is 31.0 Å². The Balaban J connectivity index is 1.32. The van der Waals surface area contributed by atoms with E-state index < -0.39 is 24.0 Å². The molecule has 8 nitrogen and oxygen atoms in total. The largest absolute Gasteiger partial charge is 0.446 e. The number of aromatic nitrogens is 1. The van der Waals surface area contributed by atoms with E-state index in [2.05, 4.69) is 34.7 Å². The molecule has 2 N–H and O–H groups in total. The van der Waals surface area contributed by atoms with Crippen molar-refractivity contribution in [3.63, 3.8) is 0 Å². The van der Waals surface area contributed by atoms with Crippen molar-refractivity contribution in [3.05, 3.63) is 59.8 Å². The second kappa shape index (κ2) is 12.0. The number of carbonyl (C=O) groups excluding carboxylic acids is 3. The van der Waals surface area contributed by atoms with E-state index in [1.54, 1.807) is 11.1 Å². The van der Waals surface area contributed by atoms with Gasteiger partial charge in [-0.25, -0.2) is 4.79 Å². The van der Waals surface area contributed by atoms with Gasteiger partial charge < -0.3 is 15.0 Å². The van der Waals surface area contributed by atoms with Crippen LogP contribution in [0, 0.1) is 31.6 Å². The highest BCUT2D eigenvalue weighted by atomic mass is 16.6. The minimum Gasteiger partial charge on any atom is -0.446 e. The van der Waals surface area contributed by atoms with Gasteiger partial charge in [0.2, 0.25) is 11.8 Å². The Hall–Kier alpha value is -3.68. The number of hydrogen-bond acceptors (Lipinski definition) is 5. The van der Waals surface area contributed by atoms with E-state index >= 15 is 0 Å². The molecule has 2 aliphatic carbocycles. The number of hydrogen-bond donors (Lipinski definition) is 2. The normalized spacial score (nSPS) is 29.0. The molecular weight excluding hydrogens is 516 g/mol. The maximum absolute atomic E-state index is 13.6. The Morgan fingerprint density at radius 1 is 1.12 bits per heavy atom. The molecule has 0 unspecified atom stereocenters. The molecule has 2 saturated carbocycles. The van der Waals surface area contributed by atoms with Crippen molar-refractivity contribution in [2.24, 2.45) is 17.8 Å². The van der Waals surface area contributed by atoms with Gasteiger partial charge in [0.15, 0.2) is 0 Å². The number of amides is 3. The van der Waals surface area contributed by atoms with E-state index in [-0.39, 0.29) is 17.4 Å². The fourth-order valence-corrected chi connectivity index (χ4v) is 6.38. The highest BCUT2D eigenvalue weighted by Crippen LogP contribution is 2.48. The number of carbonyl (C=O) groups is 3. The van der Waals surface area contributed by atoms with Crippen LogP contribution in [0.5, 0.6) is 0 Å². The quantitative estimate of drug-likeness (QED) is 0.463. The fourth-order valence-electron chi connectivity index (χ4n) is 6.38. The number of pyridine rings is 1. The molecule has 5 atom stereocenters. The molecular formula is C33H42N4O4. The predicted octanol–water partition coefficient (Wildman–Crippen LogP) is 5.79. The average molecular weight is 559 g/mol. The van der Waals surface area contributed by atoms with Gasteiger partial charge in [-0.15, -0.1) is 0 Å². The Labute approximate surface area is 242 Å². The molecule has 218 valence electrons. The van der Waals surface area contributed by atoms with Crippen molar-refractivity contribution in [1.82, 2.24) is 15.2 Å². The molecule has 0 saturated heterocycles. The summed E-state index contributed by atoms with van der Waals surface area (Å²) in [6.45, 7) is 6.69. The number of fused-ring (bicyclic) bond motifs is 2. The first-order valence-electron chi connectivity index (χ1n) is 14.9. The number of nitrogens with zero attached hydrogens (tertiary/aromatic N) is 2. The van der Waals surface area contributed by atoms with E-state index in [9.17, 15) is 14.4 Å². The molecule has 0 spiro atoms. The van der Waals surface area contributed by atoms with Crippen LogP contribution in [0.2, 0.25) is 0 Å². The van der Waals surface area contributed by atoms with Crippen LogP contribution in [0.15, 0.2) is 48.7 Å². The van der Waals surface area contributed by atoms with Crippen LogP contribution in [0.4, 0.5) is 10.5 Å². The van der Waals surface area contributed by atoms with E-state index in [1.807, 2.05) is 51.2 Å². The van der Waals surface area contributed by atoms with Gasteiger partial charge in [-0.1, -0.05) is 37.3 Å². The summed E-state index contributed by atoms with van der Waals surface area (Å²) in [5.74, 6) is -0.876. The molecule has 1 aromatic carbocycles. The predicted molar refractivity (Wildman–Crippen MR) is 159 cm³/mol. The Morgan fingerprint density at radius 3 is 2.66 bits per heavy atom. The van der Waals surface area contributed by atoms with Gasteiger partial charge in [0.05, 0.1) is 23.2 Å². The summed E-state index contributed by atoms with van der Waals surface area (Å²) in [6.07, 6.45) is 10.5. The number of ether oxygens (including phenoxy) is 1. The molecule has 2 heterocycles. The maximum Gasteiger partial charge on any atom is 0.411 e. The first-order chi connectivity index (χ1) is 19.7. The van der Waals surface area contributed by atoms with Crippen LogP contribution in [-0.2, 0) is 14.3 Å². The first-order valence-corrected chi connectivity index (χ1v) is 14.9. The van der Waals surface area contributed by atoms with Gasteiger partial charge in [0, 0.05) is 36.8 Å². The van der Waals surface area contributed by atoms with Gasteiger partial charge in [-0.3, -0.25) is 19.9 Å². The summed E-state index contributed by atoms with van der Waals surface area (Å²) < 4.78 is 5.88. The monoisotopic (exact) mass is 558 g/mol. The molecule has 5 rings (SSSR count). The van der Waals surface area contributed by atoms with Crippen molar-refractivity contribution in [1.29, 1.82) is 0 Å². The average Bonchev–Trinajstić information content (AvgIpc) is 3.46. The lowest BCUT2D eigenvalue weighted by atomic mass is 9.92. The van der Waals surface area contributed by atoms with Crippen molar-refractivity contribution >= 4 is 23.6 Å². The van der Waals surface area contributed by atoms with Gasteiger partial charge in [0.25, 0.3) is 0 Å². The topological polar surface area (TPSA) is 101 Å². The lowest BCUT2D eigenvalue weighted by Crippen LogP contribution is -2.45. The fraction of sp³-hybridized carbons (Fsp3) is 0.515. The highest BCUT2D eigenvalue weighted by molar-refractivity contribution is 5.92. The summed E-state index contributed by atoms with van der Waals surface area (Å²) in [5.41, 5.74) is 3.95. The SMILES string of the molecule is CC[C@@]12C[C@H]1/C=C\CCCCN(C)C(=O)[C@@H]1C[C@H](OC(=O)Nc3cc(C)ccc3-c3ccc(C)cn3)C[C@H]1C(=O)N2. The van der Waals surface area contributed by atoms with Crippen LogP contribution in [-0.4, -0.2) is 53.0 Å². The number of benzene rings is 1. The third-order valence-electron chi connectivity index (χ3n) is 9.04. The van der Waals surface area contributed by atoms with Crippen molar-refractivity contribution in [2.75, 3.05) is 18.9 Å². The third kappa shape index (κ3) is 6.47. The molecule has 1 aromatic heterocycles. The third-order valence-corrected chi connectivity index (χ3v) is 9.04. The highest BCUT2D eigenvalue weighted by Gasteiger charge is 2.54. The summed E-state index contributed by atoms with van der Waals surface area (Å²) >= 11 is 0. The Morgan fingerprint density at radius 2 is 1.90 bits per heavy atom. The lowest BCUT2D eigenvalue weighted by molar-refractivity contribution is -0.140. The van der Waals surface area contributed by atoms with Gasteiger partial charge >= 0.3 is 6.09 Å². The Bertz CT molecular complexity index is 1320. The van der Waals surface area contributed by atoms with Crippen molar-refractivity contribution in [3.8, 4) is 11.3 Å². The standard InChI is InChI=1S/C33H42N4O4/c1-5-33-19-23(33)10-8-6-7-9-15-37(4)31(39)27-18-24(17-26(27)30(38)36-33)41-32(40)35-29-16-21(2)11-13-25(29)28-14-12-22(3)20-34-28/h8,10-14,16,20,23-24,26-27H,5-7,9,15,17-19H2,1-4H3,(H,35,40)(H,36,38)/b10-8-/t23-,24-,26-,27-,33-/m1/s1. The zero-order valence-corrected chi connectivity index (χ0v) is 24.6. The number of nitrogens with one attached hydrogen (secondary N) is 2. The van der Waals surface area contributed by atoms with Crippen molar-refractivity contribution < 1.29 is 19.1 Å². The molecule has 3 amide bonds. The molecule has 3 aliphatic rings. The second-order valence-electron chi connectivity index (χ2n) is 12.1. The van der Waals surface area contributed by atoms with Gasteiger partial charge in [0.1, 0.15) is 6.10 Å². The minimum atomic E-state index is -0.599. The number of anilines is 1. The molecule has 0 bridgehead atoms. The zero-order chi connectivity index (χ0) is 29.1. The zero-order valence-electron chi connectivity index (χ0n) is 24.6. The summed E-state index contributed by atoms with van der Waals surface area (Å²) in [5, 5.41) is 6.21. The van der Waals surface area contributed by atoms with Crippen LogP contribution in [0.1, 0.15) is 63.0 Å². The van der Waals surface area contributed by atoms with Gasteiger partial charge in [-0.2, -0.15) is 0 Å². The van der Waals surface area contributed by atoms with Crippen LogP contribution in [0.25, 0.3) is 11.3 Å². The van der Waals surface area contributed by atoms with E-state index in [1.165, 1.54) is 0 Å². The van der Waals surface area contributed by atoms with E-state index in [4.69, 9.17) is 4.74 Å². The van der Waals surface area contributed by atoms with Crippen molar-refractivity contribution in [2.45, 2.75) is 77.4 Å². The molecule has 0 radical (unpaired) electrons. The van der Waals surface area contributed by atoms with Crippen LogP contribution >= 0.6 is 0 Å². The van der Waals surface area contributed by atoms with Crippen LogP contribution < -0.4 is 10.6 Å². The number of allylic oxidation sites excluding steroid dienone is 1. The molecule has 41 heavy (non-hydrogen) atoms. The molecule has 2 aromatic rings. The van der Waals surface area contributed by atoms with Crippen LogP contribution in [0.3, 0.4) is 0 Å². The smallest absolute Gasteiger partial charge is 0.411 e. The summed E-state index contributed by atoms with van der Waals surface area (Å²) in [4.78, 5) is 46.6. The maximum atomic E-state index is 13.6. The molecule has 8 heteroatoms. The van der Waals surface area contributed by atoms with E-state index in [0.717, 1.165) is 54.5 Å². The molecule has 1 aliphatic heterocycles. The number of aryl methyl sites for hydroxylation is 2. The number of rotatable bonds is 4. The summed E-state index contributed by atoms with van der Waals surface area (Å²) in [7, 11) is 1.81. The Kier molecular flexibility index (Phi) is 8.47.